The number of ether oxygens (including phenoxy) is 1. The molecule has 1 atom stereocenters. The Morgan fingerprint density at radius 1 is 0.976 bits per heavy atom. The lowest BCUT2D eigenvalue weighted by Crippen LogP contribution is -2.61. The molecule has 0 aromatic heterocycles. The Labute approximate surface area is 246 Å². The van der Waals surface area contributed by atoms with E-state index in [2.05, 4.69) is 29.0 Å². The molecule has 4 aliphatic heterocycles. The fourth-order valence-electron chi connectivity index (χ4n) is 6.43. The van der Waals surface area contributed by atoms with Gasteiger partial charge in [-0.15, -0.1) is 0 Å². The number of amides is 4. The average molecular weight is 587 g/mol. The van der Waals surface area contributed by atoms with Crippen LogP contribution in [0, 0.1) is 5.82 Å². The second-order valence-corrected chi connectivity index (χ2v) is 13.4. The van der Waals surface area contributed by atoms with Crippen molar-refractivity contribution in [2.75, 3.05) is 63.8 Å². The fourth-order valence-corrected chi connectivity index (χ4v) is 6.43. The first-order chi connectivity index (χ1) is 19.7. The van der Waals surface area contributed by atoms with Crippen LogP contribution in [-0.2, 0) is 20.9 Å². The molecule has 12 heteroatoms. The standard InChI is InChI=1S/C30H43FN6O5/c1-29(2,3)42-28(41)35-12-14-36(15-13-35)30(4,5)19-33-8-10-34(11-9-33)24-16-20-18-37(27(40)21(20)17-22(24)31)23-6-7-25(38)32-26(23)39/h16-17,23H,6-15,18-19H2,1-5H3,(H,32,38,39). The molecule has 0 radical (unpaired) electrons. The van der Waals surface area contributed by atoms with Crippen molar-refractivity contribution >= 4 is 29.5 Å². The summed E-state index contributed by atoms with van der Waals surface area (Å²) in [7, 11) is 0. The molecule has 3 saturated heterocycles. The second kappa shape index (κ2) is 11.4. The fraction of sp³-hybridized carbons (Fsp3) is 0.667. The first-order valence-corrected chi connectivity index (χ1v) is 14.9. The van der Waals surface area contributed by atoms with E-state index in [1.165, 1.54) is 11.0 Å². The van der Waals surface area contributed by atoms with Crippen LogP contribution in [0.25, 0.3) is 0 Å². The molecule has 1 aromatic rings. The lowest BCUT2D eigenvalue weighted by Gasteiger charge is -2.47. The second-order valence-electron chi connectivity index (χ2n) is 13.4. The molecular formula is C30H43FN6O5. The lowest BCUT2D eigenvalue weighted by atomic mass is 10.00. The zero-order valence-electron chi connectivity index (χ0n) is 25.4. The molecule has 1 aromatic carbocycles. The highest BCUT2D eigenvalue weighted by Gasteiger charge is 2.40. The highest BCUT2D eigenvalue weighted by Crippen LogP contribution is 2.33. The Morgan fingerprint density at radius 2 is 1.64 bits per heavy atom. The smallest absolute Gasteiger partial charge is 0.410 e. The zero-order valence-corrected chi connectivity index (χ0v) is 25.4. The average Bonchev–Trinajstić information content (AvgIpc) is 3.22. The van der Waals surface area contributed by atoms with Crippen LogP contribution in [0.1, 0.15) is 63.4 Å². The minimum Gasteiger partial charge on any atom is -0.444 e. The van der Waals surface area contributed by atoms with Crippen LogP contribution in [0.2, 0.25) is 0 Å². The summed E-state index contributed by atoms with van der Waals surface area (Å²) in [6.07, 6.45) is 0.194. The van der Waals surface area contributed by atoms with Crippen LogP contribution in [0.3, 0.4) is 0 Å². The number of benzene rings is 1. The molecule has 42 heavy (non-hydrogen) atoms. The number of piperazine rings is 2. The molecule has 4 aliphatic rings. The number of carbonyl (C=O) groups is 4. The van der Waals surface area contributed by atoms with Crippen molar-refractivity contribution in [2.45, 2.75) is 71.2 Å². The quantitative estimate of drug-likeness (QED) is 0.523. The van der Waals surface area contributed by atoms with Crippen LogP contribution in [0.4, 0.5) is 14.9 Å². The number of hydrogen-bond donors (Lipinski definition) is 1. The van der Waals surface area contributed by atoms with E-state index in [4.69, 9.17) is 4.74 Å². The number of nitrogens with zero attached hydrogens (tertiary/aromatic N) is 5. The molecule has 1 unspecified atom stereocenters. The van der Waals surface area contributed by atoms with Crippen LogP contribution in [-0.4, -0.2) is 119 Å². The number of nitrogens with one attached hydrogen (secondary N) is 1. The predicted molar refractivity (Wildman–Crippen MR) is 155 cm³/mol. The lowest BCUT2D eigenvalue weighted by molar-refractivity contribution is -0.136. The van der Waals surface area contributed by atoms with Crippen molar-refractivity contribution < 1.29 is 28.3 Å². The van der Waals surface area contributed by atoms with E-state index < -0.39 is 23.4 Å². The van der Waals surface area contributed by atoms with E-state index in [1.807, 2.05) is 25.7 Å². The van der Waals surface area contributed by atoms with Gasteiger partial charge in [0.2, 0.25) is 11.8 Å². The summed E-state index contributed by atoms with van der Waals surface area (Å²) in [5, 5.41) is 2.30. The van der Waals surface area contributed by atoms with Gasteiger partial charge in [0.05, 0.1) is 5.69 Å². The van der Waals surface area contributed by atoms with E-state index >= 15 is 4.39 Å². The Kier molecular flexibility index (Phi) is 8.23. The Balaban J connectivity index is 1.15. The third kappa shape index (κ3) is 6.39. The monoisotopic (exact) mass is 586 g/mol. The highest BCUT2D eigenvalue weighted by atomic mass is 19.1. The molecule has 3 fully saturated rings. The Morgan fingerprint density at radius 3 is 2.26 bits per heavy atom. The van der Waals surface area contributed by atoms with E-state index in [0.717, 1.165) is 32.7 Å². The van der Waals surface area contributed by atoms with Crippen molar-refractivity contribution in [2.24, 2.45) is 0 Å². The van der Waals surface area contributed by atoms with Gasteiger partial charge in [-0.1, -0.05) is 0 Å². The van der Waals surface area contributed by atoms with E-state index in [9.17, 15) is 19.2 Å². The molecule has 0 spiro atoms. The topological polar surface area (TPSA) is 106 Å². The minimum atomic E-state index is -0.721. The van der Waals surface area contributed by atoms with Crippen molar-refractivity contribution in [1.29, 1.82) is 0 Å². The van der Waals surface area contributed by atoms with Crippen molar-refractivity contribution in [3.05, 3.63) is 29.1 Å². The van der Waals surface area contributed by atoms with Crippen molar-refractivity contribution in [3.8, 4) is 0 Å². The molecule has 11 nitrogen and oxygen atoms in total. The number of piperidine rings is 1. The number of rotatable bonds is 5. The van der Waals surface area contributed by atoms with Crippen molar-refractivity contribution in [1.82, 2.24) is 24.9 Å². The summed E-state index contributed by atoms with van der Waals surface area (Å²) in [5.74, 6) is -1.62. The molecule has 230 valence electrons. The first kappa shape index (κ1) is 30.2. The normalized spacial score (nSPS) is 22.9. The maximum Gasteiger partial charge on any atom is 0.410 e. The van der Waals surface area contributed by atoms with Gasteiger partial charge >= 0.3 is 6.09 Å². The third-order valence-electron chi connectivity index (χ3n) is 8.70. The predicted octanol–water partition coefficient (Wildman–Crippen LogP) is 2.04. The Hall–Kier alpha value is -3.25. The maximum absolute atomic E-state index is 15.3. The summed E-state index contributed by atoms with van der Waals surface area (Å²) in [6.45, 7) is 16.9. The highest BCUT2D eigenvalue weighted by molar-refractivity contribution is 6.05. The van der Waals surface area contributed by atoms with Gasteiger partial charge in [-0.25, -0.2) is 9.18 Å². The molecule has 1 N–H and O–H groups in total. The summed E-state index contributed by atoms with van der Waals surface area (Å²) < 4.78 is 20.8. The Bertz CT molecular complexity index is 1250. The minimum absolute atomic E-state index is 0.0964. The van der Waals surface area contributed by atoms with Crippen molar-refractivity contribution in [3.63, 3.8) is 0 Å². The largest absolute Gasteiger partial charge is 0.444 e. The summed E-state index contributed by atoms with van der Waals surface area (Å²) in [6, 6.07) is 2.32. The van der Waals surface area contributed by atoms with Crippen LogP contribution < -0.4 is 10.2 Å². The zero-order chi connectivity index (χ0) is 30.4. The van der Waals surface area contributed by atoms with E-state index in [0.29, 0.717) is 37.4 Å². The first-order valence-electron chi connectivity index (χ1n) is 14.9. The number of carbonyl (C=O) groups excluding carboxylic acids is 4. The number of halogens is 1. The van der Waals surface area contributed by atoms with Gasteiger partial charge in [0.15, 0.2) is 0 Å². The van der Waals surface area contributed by atoms with Crippen LogP contribution in [0.15, 0.2) is 12.1 Å². The van der Waals surface area contributed by atoms with Crippen LogP contribution in [0.5, 0.6) is 0 Å². The van der Waals surface area contributed by atoms with Gasteiger partial charge in [-0.2, -0.15) is 0 Å². The number of hydrogen-bond acceptors (Lipinski definition) is 8. The van der Waals surface area contributed by atoms with Crippen LogP contribution >= 0.6 is 0 Å². The third-order valence-corrected chi connectivity index (χ3v) is 8.70. The number of imide groups is 1. The molecule has 4 amide bonds. The van der Waals surface area contributed by atoms with Gasteiger partial charge in [-0.05, 0) is 58.7 Å². The summed E-state index contributed by atoms with van der Waals surface area (Å²) in [4.78, 5) is 59.4. The van der Waals surface area contributed by atoms with Gasteiger partial charge < -0.3 is 19.4 Å². The molecule has 0 saturated carbocycles. The van der Waals surface area contributed by atoms with E-state index in [1.54, 1.807) is 11.0 Å². The van der Waals surface area contributed by atoms with Gasteiger partial charge in [0, 0.05) is 83.0 Å². The summed E-state index contributed by atoms with van der Waals surface area (Å²) >= 11 is 0. The number of fused-ring (bicyclic) bond motifs is 1. The maximum atomic E-state index is 15.3. The summed E-state index contributed by atoms with van der Waals surface area (Å²) in [5.41, 5.74) is 0.861. The SMILES string of the molecule is CC(C)(C)OC(=O)N1CCN(C(C)(C)CN2CCN(c3cc4c(cc3F)C(=O)N(C3CCC(=O)NC3=O)C4)CC2)CC1. The van der Waals surface area contributed by atoms with Gasteiger partial charge in [0.25, 0.3) is 5.91 Å². The molecular weight excluding hydrogens is 543 g/mol. The molecule has 5 rings (SSSR count). The van der Waals surface area contributed by atoms with E-state index in [-0.39, 0.29) is 48.4 Å². The molecule has 0 aliphatic carbocycles. The number of anilines is 1. The molecule has 0 bridgehead atoms. The van der Waals surface area contributed by atoms with Gasteiger partial charge in [0.1, 0.15) is 17.5 Å². The van der Waals surface area contributed by atoms with Gasteiger partial charge in [-0.3, -0.25) is 29.5 Å². The molecule has 4 heterocycles.